The van der Waals surface area contributed by atoms with Gasteiger partial charge in [0.15, 0.2) is 17.3 Å². The number of methoxy groups -OCH3 is 2. The Morgan fingerprint density at radius 2 is 1.53 bits per heavy atom. The van der Waals surface area contributed by atoms with E-state index in [1.165, 1.54) is 14.2 Å². The first-order valence-corrected chi connectivity index (χ1v) is 14.4. The van der Waals surface area contributed by atoms with Crippen LogP contribution in [0.1, 0.15) is 57.7 Å². The Labute approximate surface area is 249 Å². The molecule has 2 fully saturated rings. The maximum atomic E-state index is 14.2. The van der Waals surface area contributed by atoms with E-state index in [1.54, 1.807) is 42.5 Å². The Hall–Kier alpha value is -4.92. The molecule has 220 valence electrons. The number of unbranched alkanes of at least 4 members (excludes halogenated alkanes) is 1. The van der Waals surface area contributed by atoms with Crippen LogP contribution in [0.3, 0.4) is 0 Å². The van der Waals surface area contributed by atoms with Gasteiger partial charge in [0.1, 0.15) is 6.04 Å². The monoisotopic (exact) mass is 580 g/mol. The Morgan fingerprint density at radius 1 is 0.837 bits per heavy atom. The van der Waals surface area contributed by atoms with Crippen molar-refractivity contribution in [2.75, 3.05) is 25.7 Å². The summed E-state index contributed by atoms with van der Waals surface area (Å²) >= 11 is 0. The van der Waals surface area contributed by atoms with Crippen LogP contribution < -0.4 is 14.4 Å². The number of esters is 1. The highest BCUT2D eigenvalue weighted by atomic mass is 16.5. The van der Waals surface area contributed by atoms with E-state index in [4.69, 9.17) is 14.2 Å². The highest BCUT2D eigenvalue weighted by Gasteiger charge is 2.64. The van der Waals surface area contributed by atoms with Gasteiger partial charge in [0.05, 0.1) is 50.0 Å². The van der Waals surface area contributed by atoms with Gasteiger partial charge in [-0.2, -0.15) is 0 Å². The summed E-state index contributed by atoms with van der Waals surface area (Å²) in [5.41, 5.74) is 2.84. The van der Waals surface area contributed by atoms with Gasteiger partial charge in [0.2, 0.25) is 11.8 Å². The van der Waals surface area contributed by atoms with Crippen LogP contribution in [-0.4, -0.2) is 55.3 Å². The minimum atomic E-state index is -0.924. The lowest BCUT2D eigenvalue weighted by Gasteiger charge is -2.35. The largest absolute Gasteiger partial charge is 0.493 e. The van der Waals surface area contributed by atoms with E-state index in [2.05, 4.69) is 0 Å². The molecule has 0 bridgehead atoms. The smallest absolute Gasteiger partial charge is 0.338 e. The third-order valence-electron chi connectivity index (χ3n) is 8.49. The minimum Gasteiger partial charge on any atom is -0.493 e. The number of amides is 2. The molecular formula is C34H32N2O7. The molecule has 4 unspecified atom stereocenters. The van der Waals surface area contributed by atoms with Crippen LogP contribution >= 0.6 is 0 Å². The van der Waals surface area contributed by atoms with E-state index in [1.807, 2.05) is 48.4 Å². The van der Waals surface area contributed by atoms with Crippen molar-refractivity contribution in [1.29, 1.82) is 0 Å². The highest BCUT2D eigenvalue weighted by Crippen LogP contribution is 2.53. The molecule has 4 atom stereocenters. The first-order chi connectivity index (χ1) is 20.9. The van der Waals surface area contributed by atoms with Gasteiger partial charge in [-0.05, 0) is 66.1 Å². The molecule has 3 aromatic carbocycles. The molecule has 2 saturated heterocycles. The van der Waals surface area contributed by atoms with Gasteiger partial charge >= 0.3 is 5.97 Å². The van der Waals surface area contributed by atoms with Crippen molar-refractivity contribution in [2.45, 2.75) is 31.8 Å². The number of hydrogen-bond acceptors (Lipinski definition) is 8. The van der Waals surface area contributed by atoms with Gasteiger partial charge < -0.3 is 19.1 Å². The van der Waals surface area contributed by atoms with E-state index < -0.39 is 35.8 Å². The third-order valence-corrected chi connectivity index (χ3v) is 8.49. The van der Waals surface area contributed by atoms with E-state index in [-0.39, 0.29) is 11.7 Å². The second-order valence-corrected chi connectivity index (χ2v) is 10.8. The summed E-state index contributed by atoms with van der Waals surface area (Å²) in [6.45, 7) is 2.34. The van der Waals surface area contributed by atoms with Gasteiger partial charge in [0.25, 0.3) is 0 Å². The van der Waals surface area contributed by atoms with Gasteiger partial charge in [-0.3, -0.25) is 14.4 Å². The molecule has 0 saturated carbocycles. The normalized spacial score (nSPS) is 21.7. The molecule has 0 spiro atoms. The van der Waals surface area contributed by atoms with Crippen molar-refractivity contribution in [3.8, 4) is 11.5 Å². The molecule has 0 radical (unpaired) electrons. The van der Waals surface area contributed by atoms with Crippen molar-refractivity contribution >= 4 is 35.3 Å². The van der Waals surface area contributed by atoms with Crippen molar-refractivity contribution in [3.63, 3.8) is 0 Å². The van der Waals surface area contributed by atoms with Crippen LogP contribution in [-0.2, 0) is 14.3 Å². The maximum Gasteiger partial charge on any atom is 0.338 e. The molecule has 0 aliphatic carbocycles. The summed E-state index contributed by atoms with van der Waals surface area (Å²) in [7, 11) is 3.01. The lowest BCUT2D eigenvalue weighted by Crippen LogP contribution is -2.44. The number of anilines is 1. The number of fused-ring (bicyclic) bond motifs is 5. The van der Waals surface area contributed by atoms with Crippen LogP contribution in [0.25, 0.3) is 6.08 Å². The molecule has 9 heteroatoms. The molecule has 6 rings (SSSR count). The number of hydrogen-bond donors (Lipinski definition) is 0. The second-order valence-electron chi connectivity index (χ2n) is 10.8. The second kappa shape index (κ2) is 11.4. The van der Waals surface area contributed by atoms with Crippen LogP contribution in [0.5, 0.6) is 11.5 Å². The van der Waals surface area contributed by atoms with Gasteiger partial charge in [-0.1, -0.05) is 37.6 Å². The summed E-state index contributed by atoms with van der Waals surface area (Å²) in [5, 5.41) is 0. The Bertz CT molecular complexity index is 1630. The predicted octanol–water partition coefficient (Wildman–Crippen LogP) is 5.06. The Morgan fingerprint density at radius 3 is 2.26 bits per heavy atom. The summed E-state index contributed by atoms with van der Waals surface area (Å²) in [6.07, 6.45) is 5.40. The average Bonchev–Trinajstić information content (AvgIpc) is 3.52. The average molecular weight is 581 g/mol. The van der Waals surface area contributed by atoms with Gasteiger partial charge in [-0.15, -0.1) is 0 Å². The number of imide groups is 1. The lowest BCUT2D eigenvalue weighted by molar-refractivity contribution is -0.123. The van der Waals surface area contributed by atoms with E-state index in [0.717, 1.165) is 28.9 Å². The van der Waals surface area contributed by atoms with Crippen LogP contribution in [0.4, 0.5) is 5.69 Å². The summed E-state index contributed by atoms with van der Waals surface area (Å²) in [5.74, 6) is -2.43. The zero-order chi connectivity index (χ0) is 30.2. The Balaban J connectivity index is 1.38. The van der Waals surface area contributed by atoms with Gasteiger partial charge in [-0.25, -0.2) is 9.69 Å². The number of rotatable bonds is 9. The molecule has 3 aliphatic heterocycles. The van der Waals surface area contributed by atoms with E-state index >= 15 is 0 Å². The van der Waals surface area contributed by atoms with Crippen LogP contribution in [0.2, 0.25) is 0 Å². The molecule has 3 aromatic rings. The molecule has 3 heterocycles. The van der Waals surface area contributed by atoms with Gasteiger partial charge in [0, 0.05) is 11.8 Å². The number of carbonyl (C=O) groups is 4. The topological polar surface area (TPSA) is 102 Å². The van der Waals surface area contributed by atoms with E-state index in [9.17, 15) is 19.2 Å². The number of nitrogens with zero attached hydrogens (tertiary/aromatic N) is 2. The number of ketones is 1. The Kier molecular flexibility index (Phi) is 7.48. The zero-order valence-electron chi connectivity index (χ0n) is 24.2. The summed E-state index contributed by atoms with van der Waals surface area (Å²) in [6, 6.07) is 17.4. The third kappa shape index (κ3) is 4.65. The first-order valence-electron chi connectivity index (χ1n) is 14.4. The number of ether oxygens (including phenoxy) is 3. The predicted molar refractivity (Wildman–Crippen MR) is 159 cm³/mol. The maximum absolute atomic E-state index is 14.2. The fraction of sp³-hybridized carbons (Fsp3) is 0.294. The van der Waals surface area contributed by atoms with Crippen molar-refractivity contribution in [2.24, 2.45) is 11.8 Å². The van der Waals surface area contributed by atoms with E-state index in [0.29, 0.717) is 34.9 Å². The molecule has 9 nitrogen and oxygen atoms in total. The summed E-state index contributed by atoms with van der Waals surface area (Å²) in [4.78, 5) is 58.0. The fourth-order valence-corrected chi connectivity index (χ4v) is 6.41. The molecule has 0 N–H and O–H groups in total. The SMILES string of the molecule is CCCCOC(=O)c1ccc(N2C(=O)C3C(C2=O)C2c4ccccc4C=CN2C3C(=O)c2ccc(OC)c(OC)c2)cc1. The summed E-state index contributed by atoms with van der Waals surface area (Å²) < 4.78 is 16.1. The molecule has 3 aliphatic rings. The lowest BCUT2D eigenvalue weighted by atomic mass is 9.83. The van der Waals surface area contributed by atoms with Crippen molar-refractivity contribution < 1.29 is 33.4 Å². The van der Waals surface area contributed by atoms with Crippen LogP contribution in [0, 0.1) is 11.8 Å². The molecular weight excluding hydrogens is 548 g/mol. The number of Topliss-reactive ketones (excluding diaryl/α,β-unsaturated/α-hetero) is 1. The first kappa shape index (κ1) is 28.2. The fourth-order valence-electron chi connectivity index (χ4n) is 6.41. The minimum absolute atomic E-state index is 0.296. The molecule has 43 heavy (non-hydrogen) atoms. The zero-order valence-corrected chi connectivity index (χ0v) is 24.2. The quantitative estimate of drug-likeness (QED) is 0.150. The van der Waals surface area contributed by atoms with Crippen molar-refractivity contribution in [1.82, 2.24) is 4.90 Å². The standard InChI is InChI=1S/C34H32N2O7/c1-4-5-18-43-34(40)21-10-13-23(14-11-21)36-32(38)27-28(33(36)39)30(31(37)22-12-15-25(41-2)26(19-22)42-3)35-17-16-20-8-6-7-9-24(20)29(27)35/h6-17,19,27-30H,4-5,18H2,1-3H3. The number of carbonyl (C=O) groups excluding carboxylic acids is 4. The molecule has 0 aromatic heterocycles. The van der Waals surface area contributed by atoms with Crippen molar-refractivity contribution in [3.05, 3.63) is 95.2 Å². The number of benzene rings is 3. The molecule has 2 amide bonds. The highest BCUT2D eigenvalue weighted by molar-refractivity contribution is 6.24. The van der Waals surface area contributed by atoms with Crippen LogP contribution in [0.15, 0.2) is 72.9 Å².